The van der Waals surface area contributed by atoms with Gasteiger partial charge in [0.2, 0.25) is 0 Å². The molecule has 152 valence electrons. The summed E-state index contributed by atoms with van der Waals surface area (Å²) in [5.74, 6) is -0.820. The van der Waals surface area contributed by atoms with Gasteiger partial charge in [-0.1, -0.05) is 36.5 Å². The summed E-state index contributed by atoms with van der Waals surface area (Å²) < 4.78 is 21.5. The second-order valence-corrected chi connectivity index (χ2v) is 5.94. The molecular weight excluding hydrogens is 348 g/mol. The first kappa shape index (κ1) is 24.8. The largest absolute Gasteiger partial charge is 0.460 e. The van der Waals surface area contributed by atoms with Crippen molar-refractivity contribution < 1.29 is 28.5 Å². The number of carbonyl (C=O) groups is 2. The molecule has 0 aliphatic carbocycles. The number of ether oxygens (including phenoxy) is 4. The fourth-order valence-corrected chi connectivity index (χ4v) is 1.71. The van der Waals surface area contributed by atoms with Crippen LogP contribution in [0.1, 0.15) is 34.6 Å². The van der Waals surface area contributed by atoms with E-state index in [-0.39, 0.29) is 31.5 Å². The summed E-state index contributed by atoms with van der Waals surface area (Å²) in [5, 5.41) is 0. The number of hydrogen-bond acceptors (Lipinski definition) is 6. The van der Waals surface area contributed by atoms with E-state index in [0.717, 1.165) is 0 Å². The van der Waals surface area contributed by atoms with Crippen LogP contribution in [-0.2, 0) is 28.5 Å². The Hall–Kier alpha value is -2.18. The molecule has 3 unspecified atom stereocenters. The van der Waals surface area contributed by atoms with E-state index >= 15 is 0 Å². The van der Waals surface area contributed by atoms with Gasteiger partial charge >= 0.3 is 11.9 Å². The van der Waals surface area contributed by atoms with Crippen LogP contribution < -0.4 is 0 Å². The summed E-state index contributed by atoms with van der Waals surface area (Å²) in [6.07, 6.45) is 12.3. The van der Waals surface area contributed by atoms with E-state index in [1.165, 1.54) is 12.2 Å². The van der Waals surface area contributed by atoms with Crippen molar-refractivity contribution in [1.82, 2.24) is 0 Å². The highest BCUT2D eigenvalue weighted by Gasteiger charge is 2.12. The van der Waals surface area contributed by atoms with Crippen LogP contribution in [-0.4, -0.2) is 50.1 Å². The molecule has 0 saturated carbocycles. The van der Waals surface area contributed by atoms with Gasteiger partial charge in [-0.25, -0.2) is 9.59 Å². The van der Waals surface area contributed by atoms with E-state index in [4.69, 9.17) is 18.9 Å². The molecule has 0 amide bonds. The zero-order valence-corrected chi connectivity index (χ0v) is 16.9. The molecule has 0 rings (SSSR count). The third kappa shape index (κ3) is 15.8. The smallest absolute Gasteiger partial charge is 0.331 e. The number of carbonyl (C=O) groups excluding carboxylic acids is 2. The number of allylic oxidation sites excluding steroid dienone is 6. The van der Waals surface area contributed by atoms with Crippen molar-refractivity contribution in [2.45, 2.75) is 52.9 Å². The van der Waals surface area contributed by atoms with Crippen molar-refractivity contribution in [3.05, 3.63) is 48.6 Å². The van der Waals surface area contributed by atoms with Gasteiger partial charge in [-0.15, -0.1) is 0 Å². The molecule has 27 heavy (non-hydrogen) atoms. The van der Waals surface area contributed by atoms with E-state index in [9.17, 15) is 9.59 Å². The summed E-state index contributed by atoms with van der Waals surface area (Å²) in [4.78, 5) is 23.0. The predicted octanol–water partition coefficient (Wildman–Crippen LogP) is 3.54. The minimum atomic E-state index is -0.410. The molecule has 6 heteroatoms. The minimum Gasteiger partial charge on any atom is -0.460 e. The standard InChI is InChI=1S/C21H32O6/c1-6-8-10-12-20(22)26-15-18(4)24-14-17(3)25-16-19(5)27-21(23)13-11-9-7-2/h6-13,17-19H,14-16H2,1-5H3. The van der Waals surface area contributed by atoms with Crippen LogP contribution in [0.2, 0.25) is 0 Å². The van der Waals surface area contributed by atoms with E-state index < -0.39 is 11.9 Å². The minimum absolute atomic E-state index is 0.165. The maximum absolute atomic E-state index is 11.5. The summed E-state index contributed by atoms with van der Waals surface area (Å²) >= 11 is 0. The molecule has 3 atom stereocenters. The first-order chi connectivity index (χ1) is 12.9. The zero-order chi connectivity index (χ0) is 20.5. The van der Waals surface area contributed by atoms with Gasteiger partial charge in [0.1, 0.15) is 12.7 Å². The Morgan fingerprint density at radius 3 is 1.74 bits per heavy atom. The van der Waals surface area contributed by atoms with E-state index in [0.29, 0.717) is 6.61 Å². The van der Waals surface area contributed by atoms with Crippen molar-refractivity contribution in [2.75, 3.05) is 19.8 Å². The predicted molar refractivity (Wildman–Crippen MR) is 105 cm³/mol. The Kier molecular flexibility index (Phi) is 14.7. The Morgan fingerprint density at radius 1 is 0.704 bits per heavy atom. The molecule has 0 N–H and O–H groups in total. The molecule has 0 bridgehead atoms. The second-order valence-electron chi connectivity index (χ2n) is 5.94. The number of esters is 2. The summed E-state index contributed by atoms with van der Waals surface area (Å²) in [6.45, 7) is 9.94. The third-order valence-corrected chi connectivity index (χ3v) is 3.08. The van der Waals surface area contributed by atoms with Gasteiger partial charge < -0.3 is 18.9 Å². The maximum atomic E-state index is 11.5. The molecule has 0 heterocycles. The van der Waals surface area contributed by atoms with Crippen molar-refractivity contribution in [2.24, 2.45) is 0 Å². The molecule has 0 spiro atoms. The Labute approximate surface area is 162 Å². The van der Waals surface area contributed by atoms with Gasteiger partial charge in [0.05, 0.1) is 25.4 Å². The van der Waals surface area contributed by atoms with Crippen LogP contribution in [0.5, 0.6) is 0 Å². The lowest BCUT2D eigenvalue weighted by Crippen LogP contribution is -2.27. The van der Waals surface area contributed by atoms with Crippen molar-refractivity contribution in [3.63, 3.8) is 0 Å². The van der Waals surface area contributed by atoms with Crippen LogP contribution in [0.3, 0.4) is 0 Å². The molecule has 0 fully saturated rings. The first-order valence-electron chi connectivity index (χ1n) is 9.08. The first-order valence-corrected chi connectivity index (χ1v) is 9.08. The Bertz CT molecular complexity index is 533. The topological polar surface area (TPSA) is 71.1 Å². The highest BCUT2D eigenvalue weighted by atomic mass is 16.6. The summed E-state index contributed by atoms with van der Waals surface area (Å²) in [6, 6.07) is 0. The van der Waals surface area contributed by atoms with Gasteiger partial charge in [0, 0.05) is 12.2 Å². The molecular formula is C21H32O6. The van der Waals surface area contributed by atoms with Crippen LogP contribution in [0.4, 0.5) is 0 Å². The molecule has 0 aromatic carbocycles. The van der Waals surface area contributed by atoms with Gasteiger partial charge in [-0.05, 0) is 34.6 Å². The molecule has 0 aromatic heterocycles. The highest BCUT2D eigenvalue weighted by Crippen LogP contribution is 2.01. The van der Waals surface area contributed by atoms with Crippen LogP contribution in [0.25, 0.3) is 0 Å². The van der Waals surface area contributed by atoms with Gasteiger partial charge in [0.25, 0.3) is 0 Å². The maximum Gasteiger partial charge on any atom is 0.331 e. The lowest BCUT2D eigenvalue weighted by Gasteiger charge is -2.19. The molecule has 0 aliphatic heterocycles. The van der Waals surface area contributed by atoms with Crippen molar-refractivity contribution in [1.29, 1.82) is 0 Å². The van der Waals surface area contributed by atoms with Gasteiger partial charge in [-0.3, -0.25) is 0 Å². The quantitative estimate of drug-likeness (QED) is 0.276. The van der Waals surface area contributed by atoms with Crippen LogP contribution >= 0.6 is 0 Å². The molecule has 0 radical (unpaired) electrons. The lowest BCUT2D eigenvalue weighted by molar-refractivity contribution is -0.148. The Morgan fingerprint density at radius 2 is 1.19 bits per heavy atom. The van der Waals surface area contributed by atoms with E-state index in [1.807, 2.05) is 39.8 Å². The fraction of sp³-hybridized carbons (Fsp3) is 0.524. The molecule has 0 saturated heterocycles. The SMILES string of the molecule is CC=CC=CC(=O)OCC(C)OCC(C)OCC(C)OC(=O)C=CC=CC. The number of rotatable bonds is 13. The zero-order valence-electron chi connectivity index (χ0n) is 16.9. The monoisotopic (exact) mass is 380 g/mol. The molecule has 6 nitrogen and oxygen atoms in total. The second kappa shape index (κ2) is 16.0. The van der Waals surface area contributed by atoms with Crippen LogP contribution in [0.15, 0.2) is 48.6 Å². The highest BCUT2D eigenvalue weighted by molar-refractivity contribution is 5.82. The third-order valence-electron chi connectivity index (χ3n) is 3.08. The van der Waals surface area contributed by atoms with Crippen molar-refractivity contribution >= 4 is 11.9 Å². The van der Waals surface area contributed by atoms with Gasteiger partial charge in [0.15, 0.2) is 0 Å². The molecule has 0 aromatic rings. The van der Waals surface area contributed by atoms with E-state index in [2.05, 4.69) is 0 Å². The molecule has 0 aliphatic rings. The van der Waals surface area contributed by atoms with Crippen LogP contribution in [0, 0.1) is 0 Å². The fourth-order valence-electron chi connectivity index (χ4n) is 1.71. The Balaban J connectivity index is 3.93. The normalized spacial score (nSPS) is 15.6. The average molecular weight is 380 g/mol. The number of hydrogen-bond donors (Lipinski definition) is 0. The van der Waals surface area contributed by atoms with Gasteiger partial charge in [-0.2, -0.15) is 0 Å². The summed E-state index contributed by atoms with van der Waals surface area (Å²) in [5.41, 5.74) is 0. The lowest BCUT2D eigenvalue weighted by atomic mass is 10.3. The van der Waals surface area contributed by atoms with Crippen molar-refractivity contribution in [3.8, 4) is 0 Å². The van der Waals surface area contributed by atoms with E-state index in [1.54, 1.807) is 31.2 Å². The average Bonchev–Trinajstić information content (AvgIpc) is 2.63. The summed E-state index contributed by atoms with van der Waals surface area (Å²) in [7, 11) is 0.